The molecule has 0 atom stereocenters. The van der Waals surface area contributed by atoms with Crippen molar-refractivity contribution in [1.29, 1.82) is 0 Å². The number of aromatic amines is 1. The zero-order valence-corrected chi connectivity index (χ0v) is 12.1. The predicted octanol–water partition coefficient (Wildman–Crippen LogP) is -0.630. The summed E-state index contributed by atoms with van der Waals surface area (Å²) in [5, 5.41) is 6.36. The fourth-order valence-corrected chi connectivity index (χ4v) is 1.95. The van der Waals surface area contributed by atoms with Gasteiger partial charge in [0.15, 0.2) is 11.2 Å². The second-order valence-electron chi connectivity index (χ2n) is 5.03. The zero-order chi connectivity index (χ0) is 14.9. The van der Waals surface area contributed by atoms with Gasteiger partial charge in [-0.3, -0.25) is 13.9 Å². The fourth-order valence-electron chi connectivity index (χ4n) is 1.95. The van der Waals surface area contributed by atoms with Gasteiger partial charge < -0.3 is 15.6 Å². The molecule has 8 nitrogen and oxygen atoms in total. The third kappa shape index (κ3) is 2.60. The fraction of sp³-hybridized carbons (Fsp3) is 0.583. The summed E-state index contributed by atoms with van der Waals surface area (Å²) in [6.07, 6.45) is 0. The normalized spacial score (nSPS) is 11.4. The molecule has 0 aliphatic rings. The van der Waals surface area contributed by atoms with Crippen molar-refractivity contribution in [2.45, 2.75) is 19.9 Å². The highest BCUT2D eigenvalue weighted by Crippen LogP contribution is 2.07. The van der Waals surface area contributed by atoms with Crippen molar-refractivity contribution in [2.24, 2.45) is 14.1 Å². The van der Waals surface area contributed by atoms with Crippen molar-refractivity contribution in [3.05, 3.63) is 20.8 Å². The van der Waals surface area contributed by atoms with Crippen LogP contribution in [0.5, 0.6) is 0 Å². The second-order valence-corrected chi connectivity index (χ2v) is 5.03. The van der Waals surface area contributed by atoms with E-state index in [4.69, 9.17) is 0 Å². The summed E-state index contributed by atoms with van der Waals surface area (Å²) in [5.74, 6) is 0.490. The molecule has 0 aliphatic carbocycles. The summed E-state index contributed by atoms with van der Waals surface area (Å²) in [6.45, 7) is 5.60. The van der Waals surface area contributed by atoms with Gasteiger partial charge in [0.1, 0.15) is 0 Å². The Labute approximate surface area is 115 Å². The molecule has 0 amide bonds. The average Bonchev–Trinajstić information content (AvgIpc) is 2.83. The van der Waals surface area contributed by atoms with Crippen LogP contribution in [0.25, 0.3) is 11.2 Å². The predicted molar refractivity (Wildman–Crippen MR) is 78.2 cm³/mol. The number of rotatable bonds is 5. The first-order valence-corrected chi connectivity index (χ1v) is 6.54. The molecule has 2 aromatic heterocycles. The standard InChI is InChI=1S/C12H20N6O2/c1-7(2)13-5-6-14-11-15-8-9(16-11)17(3)12(20)18(4)10(8)19/h7,13H,5-6H2,1-4H3,(H2,14,15,16). The minimum Gasteiger partial charge on any atom is -0.354 e. The lowest BCUT2D eigenvalue weighted by atomic mass is 10.4. The van der Waals surface area contributed by atoms with E-state index in [1.54, 1.807) is 7.05 Å². The highest BCUT2D eigenvalue weighted by molar-refractivity contribution is 5.72. The lowest BCUT2D eigenvalue weighted by molar-refractivity contribution is 0.601. The maximum atomic E-state index is 12.0. The van der Waals surface area contributed by atoms with E-state index in [-0.39, 0.29) is 11.2 Å². The number of aromatic nitrogens is 4. The number of hydrogen-bond acceptors (Lipinski definition) is 5. The second kappa shape index (κ2) is 5.49. The van der Waals surface area contributed by atoms with Crippen LogP contribution in [0.4, 0.5) is 5.95 Å². The zero-order valence-electron chi connectivity index (χ0n) is 12.1. The highest BCUT2D eigenvalue weighted by Gasteiger charge is 2.12. The molecule has 0 bridgehead atoms. The molecule has 110 valence electrons. The van der Waals surface area contributed by atoms with E-state index in [0.29, 0.717) is 29.7 Å². The molecule has 0 saturated heterocycles. The Morgan fingerprint density at radius 2 is 1.90 bits per heavy atom. The number of anilines is 1. The van der Waals surface area contributed by atoms with E-state index >= 15 is 0 Å². The van der Waals surface area contributed by atoms with Gasteiger partial charge in [-0.25, -0.2) is 4.79 Å². The van der Waals surface area contributed by atoms with Gasteiger partial charge in [0.05, 0.1) is 0 Å². The van der Waals surface area contributed by atoms with Gasteiger partial charge in [-0.1, -0.05) is 13.8 Å². The number of H-pyrrole nitrogens is 1. The molecule has 3 N–H and O–H groups in total. The van der Waals surface area contributed by atoms with Crippen LogP contribution >= 0.6 is 0 Å². The van der Waals surface area contributed by atoms with Crippen LogP contribution in [0.2, 0.25) is 0 Å². The first-order chi connectivity index (χ1) is 9.41. The first-order valence-electron chi connectivity index (χ1n) is 6.54. The van der Waals surface area contributed by atoms with Crippen molar-refractivity contribution >= 4 is 17.1 Å². The third-order valence-electron chi connectivity index (χ3n) is 3.06. The number of imidazole rings is 1. The highest BCUT2D eigenvalue weighted by atomic mass is 16.2. The molecular formula is C12H20N6O2. The Bertz CT molecular complexity index is 724. The number of aryl methyl sites for hydroxylation is 1. The van der Waals surface area contributed by atoms with E-state index < -0.39 is 0 Å². The Morgan fingerprint density at radius 3 is 2.55 bits per heavy atom. The van der Waals surface area contributed by atoms with Crippen LogP contribution in [0.3, 0.4) is 0 Å². The monoisotopic (exact) mass is 280 g/mol. The van der Waals surface area contributed by atoms with Gasteiger partial charge in [-0.2, -0.15) is 4.98 Å². The van der Waals surface area contributed by atoms with Gasteiger partial charge in [0, 0.05) is 33.2 Å². The van der Waals surface area contributed by atoms with Crippen LogP contribution in [0.1, 0.15) is 13.8 Å². The molecule has 2 aromatic rings. The van der Waals surface area contributed by atoms with Crippen molar-refractivity contribution in [3.8, 4) is 0 Å². The number of nitrogens with one attached hydrogen (secondary N) is 3. The minimum atomic E-state index is -0.387. The maximum Gasteiger partial charge on any atom is 0.332 e. The Balaban J connectivity index is 2.26. The first kappa shape index (κ1) is 14.3. The summed E-state index contributed by atoms with van der Waals surface area (Å²) in [4.78, 5) is 30.9. The lowest BCUT2D eigenvalue weighted by Crippen LogP contribution is -2.36. The molecule has 2 heterocycles. The molecular weight excluding hydrogens is 260 g/mol. The van der Waals surface area contributed by atoms with E-state index in [1.165, 1.54) is 11.6 Å². The molecule has 0 unspecified atom stereocenters. The summed E-state index contributed by atoms with van der Waals surface area (Å²) >= 11 is 0. The maximum absolute atomic E-state index is 12.0. The van der Waals surface area contributed by atoms with Crippen molar-refractivity contribution in [1.82, 2.24) is 24.4 Å². The van der Waals surface area contributed by atoms with Crippen LogP contribution in [-0.4, -0.2) is 38.2 Å². The van der Waals surface area contributed by atoms with Crippen molar-refractivity contribution in [3.63, 3.8) is 0 Å². The van der Waals surface area contributed by atoms with Gasteiger partial charge in [-0.05, 0) is 0 Å². The van der Waals surface area contributed by atoms with Crippen LogP contribution in [-0.2, 0) is 14.1 Å². The van der Waals surface area contributed by atoms with Gasteiger partial charge >= 0.3 is 5.69 Å². The SMILES string of the molecule is CC(C)NCCNc1nc2c([nH]1)c(=O)n(C)c(=O)n2C. The van der Waals surface area contributed by atoms with Crippen LogP contribution in [0, 0.1) is 0 Å². The number of hydrogen-bond donors (Lipinski definition) is 3. The number of fused-ring (bicyclic) bond motifs is 1. The minimum absolute atomic E-state index is 0.328. The van der Waals surface area contributed by atoms with E-state index in [1.807, 2.05) is 0 Å². The summed E-state index contributed by atoms with van der Waals surface area (Å²) in [7, 11) is 3.04. The van der Waals surface area contributed by atoms with Crippen molar-refractivity contribution in [2.75, 3.05) is 18.4 Å². The molecule has 8 heteroatoms. The smallest absolute Gasteiger partial charge is 0.332 e. The summed E-state index contributed by atoms with van der Waals surface area (Å²) < 4.78 is 2.41. The quantitative estimate of drug-likeness (QED) is 0.634. The molecule has 0 radical (unpaired) electrons. The molecule has 0 spiro atoms. The molecule has 2 rings (SSSR count). The Morgan fingerprint density at radius 1 is 1.20 bits per heavy atom. The largest absolute Gasteiger partial charge is 0.354 e. The van der Waals surface area contributed by atoms with E-state index in [0.717, 1.165) is 11.1 Å². The number of nitrogens with zero attached hydrogens (tertiary/aromatic N) is 3. The molecule has 0 aromatic carbocycles. The summed E-state index contributed by atoms with van der Waals surface area (Å²) in [5.41, 5.74) is -0.0719. The summed E-state index contributed by atoms with van der Waals surface area (Å²) in [6, 6.07) is 0.417. The molecule has 0 saturated carbocycles. The van der Waals surface area contributed by atoms with Gasteiger partial charge in [0.2, 0.25) is 5.95 Å². The van der Waals surface area contributed by atoms with Gasteiger partial charge in [0.25, 0.3) is 5.56 Å². The average molecular weight is 280 g/mol. The molecule has 20 heavy (non-hydrogen) atoms. The molecule has 0 fully saturated rings. The lowest BCUT2D eigenvalue weighted by Gasteiger charge is -2.07. The Hall–Kier alpha value is -2.09. The van der Waals surface area contributed by atoms with Gasteiger partial charge in [-0.15, -0.1) is 0 Å². The molecule has 0 aliphatic heterocycles. The van der Waals surface area contributed by atoms with Crippen molar-refractivity contribution < 1.29 is 0 Å². The Kier molecular flexibility index (Phi) is 3.93. The third-order valence-corrected chi connectivity index (χ3v) is 3.06. The van der Waals surface area contributed by atoms with Crippen LogP contribution in [0.15, 0.2) is 9.59 Å². The van der Waals surface area contributed by atoms with E-state index in [2.05, 4.69) is 34.4 Å². The van der Waals surface area contributed by atoms with E-state index in [9.17, 15) is 9.59 Å². The van der Waals surface area contributed by atoms with Crippen LogP contribution < -0.4 is 21.9 Å². The topological polar surface area (TPSA) is 96.7 Å².